The van der Waals surface area contributed by atoms with Gasteiger partial charge in [0.1, 0.15) is 12.4 Å². The lowest BCUT2D eigenvalue weighted by Crippen LogP contribution is -2.37. The number of aromatic nitrogens is 2. The minimum Gasteiger partial charge on any atom is -0.491 e. The van der Waals surface area contributed by atoms with Crippen LogP contribution in [0.25, 0.3) is 16.8 Å². The molecule has 1 aromatic heterocycles. The summed E-state index contributed by atoms with van der Waals surface area (Å²) in [7, 11) is 1.94. The van der Waals surface area contributed by atoms with Crippen molar-refractivity contribution >= 4 is 11.4 Å². The van der Waals surface area contributed by atoms with Crippen molar-refractivity contribution in [1.82, 2.24) is 25.7 Å². The summed E-state index contributed by atoms with van der Waals surface area (Å²) in [5, 5.41) is 19.3. The van der Waals surface area contributed by atoms with Crippen LogP contribution in [-0.4, -0.2) is 39.7 Å². The lowest BCUT2D eigenvalue weighted by Gasteiger charge is -2.22. The first kappa shape index (κ1) is 20.4. The highest BCUT2D eigenvalue weighted by Gasteiger charge is 2.30. The van der Waals surface area contributed by atoms with Crippen LogP contribution in [0.4, 0.5) is 5.69 Å². The Morgan fingerprint density at radius 1 is 1.22 bits per heavy atom. The van der Waals surface area contributed by atoms with E-state index >= 15 is 0 Å². The number of allylic oxidation sites excluding steroid dienone is 1. The minimum absolute atomic E-state index is 0.00386. The highest BCUT2D eigenvalue weighted by molar-refractivity contribution is 5.75. The van der Waals surface area contributed by atoms with E-state index in [2.05, 4.69) is 51.5 Å². The van der Waals surface area contributed by atoms with Crippen LogP contribution in [0.5, 0.6) is 5.75 Å². The van der Waals surface area contributed by atoms with E-state index in [1.807, 2.05) is 48.4 Å². The molecule has 0 saturated carbocycles. The van der Waals surface area contributed by atoms with Gasteiger partial charge in [0.25, 0.3) is 0 Å². The molecule has 1 atom stereocenters. The number of benzene rings is 2. The highest BCUT2D eigenvalue weighted by atomic mass is 16.5. The van der Waals surface area contributed by atoms with Crippen molar-refractivity contribution in [3.63, 3.8) is 0 Å². The van der Waals surface area contributed by atoms with Crippen LogP contribution < -0.4 is 21.0 Å². The molecule has 1 unspecified atom stereocenters. The van der Waals surface area contributed by atoms with Gasteiger partial charge < -0.3 is 20.6 Å². The molecule has 0 radical (unpaired) electrons. The molecule has 0 saturated heterocycles. The molecule has 8 heteroatoms. The molecule has 2 aliphatic rings. The largest absolute Gasteiger partial charge is 0.491 e. The van der Waals surface area contributed by atoms with Gasteiger partial charge in [-0.1, -0.05) is 18.2 Å². The van der Waals surface area contributed by atoms with Crippen molar-refractivity contribution in [1.29, 1.82) is 0 Å². The molecule has 2 aliphatic heterocycles. The summed E-state index contributed by atoms with van der Waals surface area (Å²) < 4.78 is 7.43. The first-order valence-corrected chi connectivity index (χ1v) is 10.9. The maximum absolute atomic E-state index is 9.05. The van der Waals surface area contributed by atoms with E-state index in [1.165, 1.54) is 16.8 Å². The number of fused-ring (bicyclic) bond motifs is 3. The zero-order chi connectivity index (χ0) is 22.1. The topological polar surface area (TPSA) is 86.6 Å². The Morgan fingerprint density at radius 2 is 2.12 bits per heavy atom. The molecule has 0 spiro atoms. The lowest BCUT2D eigenvalue weighted by atomic mass is 9.93. The number of ether oxygens (including phenoxy) is 1. The molecule has 0 aliphatic carbocycles. The number of aliphatic hydroxyl groups excluding tert-OH is 1. The summed E-state index contributed by atoms with van der Waals surface area (Å²) in [6.45, 7) is 3.23. The molecular weight excluding hydrogens is 404 g/mol. The van der Waals surface area contributed by atoms with Crippen LogP contribution in [-0.2, 0) is 7.05 Å². The van der Waals surface area contributed by atoms with Gasteiger partial charge in [0, 0.05) is 42.7 Å². The molecule has 0 amide bonds. The molecule has 0 bridgehead atoms. The van der Waals surface area contributed by atoms with Crippen molar-refractivity contribution in [3.8, 4) is 16.9 Å². The fourth-order valence-corrected chi connectivity index (χ4v) is 4.40. The number of hydrogen-bond acceptors (Lipinski definition) is 7. The standard InChI is InChI=1S/C24H28N6O2/c1-16-24-21-7-6-17(18-14-25-29(2)15-18)12-22(21)23(8-9-30(24)28-27-16)26-19-4-3-5-20(13-19)32-11-10-31/h3-7,12-15,23,26-28,31H,8-11H2,1-2H3. The molecular formula is C24H28N6O2. The number of aryl methyl sites for hydroxylation is 1. The third kappa shape index (κ3) is 3.90. The van der Waals surface area contributed by atoms with Gasteiger partial charge in [-0.3, -0.25) is 9.69 Å². The smallest absolute Gasteiger partial charge is 0.121 e. The van der Waals surface area contributed by atoms with Gasteiger partial charge in [-0.2, -0.15) is 5.10 Å². The minimum atomic E-state index is -0.00386. The van der Waals surface area contributed by atoms with E-state index in [1.54, 1.807) is 0 Å². The fourth-order valence-electron chi connectivity index (χ4n) is 4.40. The van der Waals surface area contributed by atoms with E-state index in [0.29, 0.717) is 0 Å². The van der Waals surface area contributed by atoms with Gasteiger partial charge >= 0.3 is 0 Å². The van der Waals surface area contributed by atoms with Crippen LogP contribution in [0.2, 0.25) is 0 Å². The first-order valence-electron chi connectivity index (χ1n) is 10.9. The third-order valence-electron chi connectivity index (χ3n) is 5.90. The summed E-state index contributed by atoms with van der Waals surface area (Å²) in [6, 6.07) is 14.7. The number of anilines is 1. The van der Waals surface area contributed by atoms with Gasteiger partial charge in [0.15, 0.2) is 0 Å². The van der Waals surface area contributed by atoms with Crippen molar-refractivity contribution < 1.29 is 9.84 Å². The van der Waals surface area contributed by atoms with E-state index < -0.39 is 0 Å². The van der Waals surface area contributed by atoms with E-state index in [4.69, 9.17) is 9.84 Å². The number of hydrogen-bond donors (Lipinski definition) is 4. The van der Waals surface area contributed by atoms with Gasteiger partial charge in [-0.25, -0.2) is 0 Å². The molecule has 3 aromatic rings. The Morgan fingerprint density at radius 3 is 2.94 bits per heavy atom. The SMILES string of the molecule is CC1=C2c3ccc(-c4cnn(C)c4)cc3C(Nc3cccc(OCCO)c3)CCN2NN1. The Balaban J connectivity index is 1.54. The number of aliphatic hydroxyl groups is 1. The second-order valence-electron chi connectivity index (χ2n) is 8.15. The summed E-state index contributed by atoms with van der Waals surface area (Å²) in [5.74, 6) is 0.743. The third-order valence-corrected chi connectivity index (χ3v) is 5.90. The van der Waals surface area contributed by atoms with Crippen molar-refractivity contribution in [2.45, 2.75) is 19.4 Å². The van der Waals surface area contributed by atoms with E-state index in [9.17, 15) is 0 Å². The molecule has 3 heterocycles. The van der Waals surface area contributed by atoms with Crippen LogP contribution in [0.3, 0.4) is 0 Å². The second kappa shape index (κ2) is 8.57. The Kier molecular flexibility index (Phi) is 5.46. The molecule has 32 heavy (non-hydrogen) atoms. The van der Waals surface area contributed by atoms with Crippen LogP contribution in [0.1, 0.15) is 30.5 Å². The second-order valence-corrected chi connectivity index (χ2v) is 8.15. The predicted octanol–water partition coefficient (Wildman–Crippen LogP) is 3.03. The molecule has 0 fully saturated rings. The average Bonchev–Trinajstić information content (AvgIpc) is 3.36. The fraction of sp³-hybridized carbons (Fsp3) is 0.292. The summed E-state index contributed by atoms with van der Waals surface area (Å²) in [5.41, 5.74) is 14.5. The number of nitrogens with one attached hydrogen (secondary N) is 3. The monoisotopic (exact) mass is 432 g/mol. The number of nitrogens with zero attached hydrogens (tertiary/aromatic N) is 3. The van der Waals surface area contributed by atoms with Crippen LogP contribution >= 0.6 is 0 Å². The van der Waals surface area contributed by atoms with Gasteiger partial charge in [-0.15, -0.1) is 5.53 Å². The zero-order valence-corrected chi connectivity index (χ0v) is 18.3. The van der Waals surface area contributed by atoms with Gasteiger partial charge in [-0.05, 0) is 42.7 Å². The molecule has 4 N–H and O–H groups in total. The van der Waals surface area contributed by atoms with E-state index in [-0.39, 0.29) is 19.3 Å². The maximum atomic E-state index is 9.05. The molecule has 2 aromatic carbocycles. The maximum Gasteiger partial charge on any atom is 0.121 e. The van der Waals surface area contributed by atoms with E-state index in [0.717, 1.165) is 41.2 Å². The molecule has 8 nitrogen and oxygen atoms in total. The Bertz CT molecular complexity index is 1150. The van der Waals surface area contributed by atoms with Crippen molar-refractivity contribution in [3.05, 3.63) is 71.7 Å². The van der Waals surface area contributed by atoms with Gasteiger partial charge in [0.05, 0.1) is 30.2 Å². The normalized spacial score (nSPS) is 17.5. The van der Waals surface area contributed by atoms with Crippen molar-refractivity contribution in [2.75, 3.05) is 25.1 Å². The quantitative estimate of drug-likeness (QED) is 0.476. The molecule has 5 rings (SSSR count). The summed E-state index contributed by atoms with van der Waals surface area (Å²) in [4.78, 5) is 0. The predicted molar refractivity (Wildman–Crippen MR) is 124 cm³/mol. The lowest BCUT2D eigenvalue weighted by molar-refractivity contribution is 0.201. The van der Waals surface area contributed by atoms with Crippen molar-refractivity contribution in [2.24, 2.45) is 7.05 Å². The summed E-state index contributed by atoms with van der Waals surface area (Å²) in [6.07, 6.45) is 4.85. The zero-order valence-electron chi connectivity index (χ0n) is 18.3. The number of rotatable bonds is 6. The van der Waals surface area contributed by atoms with Crippen LogP contribution in [0.15, 0.2) is 60.6 Å². The van der Waals surface area contributed by atoms with Crippen LogP contribution in [0, 0.1) is 0 Å². The Labute approximate surface area is 187 Å². The highest BCUT2D eigenvalue weighted by Crippen LogP contribution is 2.39. The average molecular weight is 433 g/mol. The summed E-state index contributed by atoms with van der Waals surface area (Å²) >= 11 is 0. The first-order chi connectivity index (χ1) is 15.6. The molecule has 166 valence electrons. The number of hydrazine groups is 2. The van der Waals surface area contributed by atoms with Gasteiger partial charge in [0.2, 0.25) is 0 Å². The Hall–Kier alpha value is -3.49.